The van der Waals surface area contributed by atoms with Crippen molar-refractivity contribution in [2.24, 2.45) is 0 Å². The molecule has 0 amide bonds. The van der Waals surface area contributed by atoms with Crippen molar-refractivity contribution in [1.82, 2.24) is 10.2 Å². The summed E-state index contributed by atoms with van der Waals surface area (Å²) in [6, 6.07) is 7.14. The number of halogens is 1. The summed E-state index contributed by atoms with van der Waals surface area (Å²) in [5.41, 5.74) is 0. The van der Waals surface area contributed by atoms with Crippen molar-refractivity contribution in [2.75, 3.05) is 6.61 Å². The highest BCUT2D eigenvalue weighted by Gasteiger charge is 2.07. The second kappa shape index (κ2) is 5.65. The summed E-state index contributed by atoms with van der Waals surface area (Å²) in [5, 5.41) is 16.8. The summed E-state index contributed by atoms with van der Waals surface area (Å²) >= 11 is 5.92. The maximum absolute atomic E-state index is 8.70. The Morgan fingerprint density at radius 2 is 2.00 bits per heavy atom. The lowest BCUT2D eigenvalue weighted by Crippen LogP contribution is -1.96. The normalized spacial score (nSPS) is 10.5. The third kappa shape index (κ3) is 3.18. The van der Waals surface area contributed by atoms with Gasteiger partial charge in [-0.25, -0.2) is 0 Å². The van der Waals surface area contributed by atoms with Crippen LogP contribution in [-0.2, 0) is 13.0 Å². The van der Waals surface area contributed by atoms with Crippen LogP contribution in [0.4, 0.5) is 0 Å². The van der Waals surface area contributed by atoms with Crippen LogP contribution >= 0.6 is 11.6 Å². The first kappa shape index (κ1) is 11.9. The Labute approximate surface area is 103 Å². The standard InChI is InChI=1S/C11H11ClN2O3/c12-8-3-1-2-4-9(8)16-7-11-14-13-10(17-11)5-6-15/h1-4,15H,5-7H2. The van der Waals surface area contributed by atoms with Crippen LogP contribution in [0.25, 0.3) is 0 Å². The first-order chi connectivity index (χ1) is 8.29. The molecular weight excluding hydrogens is 244 g/mol. The molecule has 1 aromatic heterocycles. The fourth-order valence-corrected chi connectivity index (χ4v) is 1.43. The van der Waals surface area contributed by atoms with Gasteiger partial charge < -0.3 is 14.3 Å². The molecule has 0 fully saturated rings. The lowest BCUT2D eigenvalue weighted by atomic mass is 10.3. The maximum atomic E-state index is 8.70. The summed E-state index contributed by atoms with van der Waals surface area (Å²) in [6.45, 7) is 0.134. The van der Waals surface area contributed by atoms with E-state index in [9.17, 15) is 0 Å². The van der Waals surface area contributed by atoms with E-state index in [1.54, 1.807) is 12.1 Å². The van der Waals surface area contributed by atoms with Gasteiger partial charge in [0, 0.05) is 6.42 Å². The number of rotatable bonds is 5. The Morgan fingerprint density at radius 1 is 1.24 bits per heavy atom. The zero-order valence-corrected chi connectivity index (χ0v) is 9.72. The van der Waals surface area contributed by atoms with E-state index in [0.29, 0.717) is 29.0 Å². The molecule has 90 valence electrons. The SMILES string of the molecule is OCCc1nnc(COc2ccccc2Cl)o1. The Balaban J connectivity index is 1.95. The molecule has 0 aliphatic carbocycles. The van der Waals surface area contributed by atoms with Gasteiger partial charge in [-0.1, -0.05) is 23.7 Å². The number of benzene rings is 1. The van der Waals surface area contributed by atoms with Gasteiger partial charge in [0.05, 0.1) is 11.6 Å². The van der Waals surface area contributed by atoms with Gasteiger partial charge in [0.1, 0.15) is 5.75 Å². The molecule has 0 aliphatic heterocycles. The van der Waals surface area contributed by atoms with Gasteiger partial charge >= 0.3 is 0 Å². The molecule has 0 saturated carbocycles. The number of ether oxygens (including phenoxy) is 1. The number of para-hydroxylation sites is 1. The Hall–Kier alpha value is -1.59. The number of aliphatic hydroxyl groups excluding tert-OH is 1. The van der Waals surface area contributed by atoms with Crippen LogP contribution < -0.4 is 4.74 Å². The number of aromatic nitrogens is 2. The minimum absolute atomic E-state index is 0.0208. The molecule has 5 nitrogen and oxygen atoms in total. The second-order valence-corrected chi connectivity index (χ2v) is 3.69. The summed E-state index contributed by atoms with van der Waals surface area (Å²) in [6.07, 6.45) is 0.346. The number of nitrogens with zero attached hydrogens (tertiary/aromatic N) is 2. The Morgan fingerprint density at radius 3 is 2.76 bits per heavy atom. The van der Waals surface area contributed by atoms with Crippen LogP contribution in [-0.4, -0.2) is 21.9 Å². The fraction of sp³-hybridized carbons (Fsp3) is 0.273. The fourth-order valence-electron chi connectivity index (χ4n) is 1.24. The van der Waals surface area contributed by atoms with Gasteiger partial charge in [-0.15, -0.1) is 10.2 Å². The second-order valence-electron chi connectivity index (χ2n) is 3.28. The van der Waals surface area contributed by atoms with Crippen molar-refractivity contribution in [3.8, 4) is 5.75 Å². The van der Waals surface area contributed by atoms with Crippen molar-refractivity contribution in [3.63, 3.8) is 0 Å². The molecule has 2 rings (SSSR count). The molecule has 0 spiro atoms. The van der Waals surface area contributed by atoms with Gasteiger partial charge in [0.15, 0.2) is 6.61 Å². The highest BCUT2D eigenvalue weighted by molar-refractivity contribution is 6.32. The summed E-state index contributed by atoms with van der Waals surface area (Å²) in [5.74, 6) is 1.31. The van der Waals surface area contributed by atoms with E-state index in [0.717, 1.165) is 0 Å². The molecule has 0 atom stereocenters. The lowest BCUT2D eigenvalue weighted by Gasteiger charge is -2.04. The topological polar surface area (TPSA) is 68.4 Å². The average Bonchev–Trinajstić information content (AvgIpc) is 2.76. The quantitative estimate of drug-likeness (QED) is 0.882. The summed E-state index contributed by atoms with van der Waals surface area (Å²) in [7, 11) is 0. The number of hydrogen-bond donors (Lipinski definition) is 1. The van der Waals surface area contributed by atoms with E-state index in [4.69, 9.17) is 25.9 Å². The highest BCUT2D eigenvalue weighted by atomic mass is 35.5. The third-order valence-corrected chi connectivity index (χ3v) is 2.33. The van der Waals surface area contributed by atoms with E-state index >= 15 is 0 Å². The van der Waals surface area contributed by atoms with Gasteiger partial charge in [-0.2, -0.15) is 0 Å². The predicted molar refractivity (Wildman–Crippen MR) is 60.9 cm³/mol. The van der Waals surface area contributed by atoms with E-state index in [-0.39, 0.29) is 13.2 Å². The molecule has 17 heavy (non-hydrogen) atoms. The minimum Gasteiger partial charge on any atom is -0.482 e. The predicted octanol–water partition coefficient (Wildman–Crippen LogP) is 1.84. The molecule has 0 unspecified atom stereocenters. The van der Waals surface area contributed by atoms with Crippen LogP contribution in [0.1, 0.15) is 11.8 Å². The van der Waals surface area contributed by atoms with Crippen LogP contribution in [0.3, 0.4) is 0 Å². The van der Waals surface area contributed by atoms with Gasteiger partial charge in [0.2, 0.25) is 5.89 Å². The van der Waals surface area contributed by atoms with E-state index in [1.165, 1.54) is 0 Å². The Bertz CT molecular complexity index is 487. The molecular formula is C11H11ClN2O3. The smallest absolute Gasteiger partial charge is 0.253 e. The zero-order chi connectivity index (χ0) is 12.1. The van der Waals surface area contributed by atoms with Crippen LogP contribution in [0.2, 0.25) is 5.02 Å². The van der Waals surface area contributed by atoms with E-state index < -0.39 is 0 Å². The minimum atomic E-state index is -0.0208. The summed E-state index contributed by atoms with van der Waals surface area (Å²) < 4.78 is 10.7. The zero-order valence-electron chi connectivity index (χ0n) is 8.97. The average molecular weight is 255 g/mol. The number of aliphatic hydroxyl groups is 1. The van der Waals surface area contributed by atoms with Crippen LogP contribution in [0.5, 0.6) is 5.75 Å². The van der Waals surface area contributed by atoms with Gasteiger partial charge in [-0.05, 0) is 12.1 Å². The van der Waals surface area contributed by atoms with Gasteiger partial charge in [-0.3, -0.25) is 0 Å². The van der Waals surface area contributed by atoms with Crippen LogP contribution in [0.15, 0.2) is 28.7 Å². The monoisotopic (exact) mass is 254 g/mol. The highest BCUT2D eigenvalue weighted by Crippen LogP contribution is 2.23. The van der Waals surface area contributed by atoms with Crippen molar-refractivity contribution in [3.05, 3.63) is 41.1 Å². The first-order valence-electron chi connectivity index (χ1n) is 5.09. The van der Waals surface area contributed by atoms with Crippen molar-refractivity contribution in [1.29, 1.82) is 0 Å². The van der Waals surface area contributed by atoms with Gasteiger partial charge in [0.25, 0.3) is 5.89 Å². The Kier molecular flexibility index (Phi) is 3.95. The van der Waals surface area contributed by atoms with E-state index in [2.05, 4.69) is 10.2 Å². The largest absolute Gasteiger partial charge is 0.482 e. The molecule has 0 saturated heterocycles. The molecule has 1 aromatic carbocycles. The van der Waals surface area contributed by atoms with E-state index in [1.807, 2.05) is 12.1 Å². The summed E-state index contributed by atoms with van der Waals surface area (Å²) in [4.78, 5) is 0. The maximum Gasteiger partial charge on any atom is 0.253 e. The first-order valence-corrected chi connectivity index (χ1v) is 5.47. The molecule has 1 N–H and O–H groups in total. The van der Waals surface area contributed by atoms with Crippen molar-refractivity contribution >= 4 is 11.6 Å². The van der Waals surface area contributed by atoms with Crippen molar-refractivity contribution < 1.29 is 14.3 Å². The third-order valence-electron chi connectivity index (χ3n) is 2.02. The molecule has 0 bridgehead atoms. The van der Waals surface area contributed by atoms with Crippen LogP contribution in [0, 0.1) is 0 Å². The molecule has 0 aliphatic rings. The molecule has 1 heterocycles. The lowest BCUT2D eigenvalue weighted by molar-refractivity contribution is 0.250. The molecule has 2 aromatic rings. The molecule has 6 heteroatoms. The number of hydrogen-bond acceptors (Lipinski definition) is 5. The van der Waals surface area contributed by atoms with Crippen molar-refractivity contribution in [2.45, 2.75) is 13.0 Å². The molecule has 0 radical (unpaired) electrons.